The fourth-order valence-electron chi connectivity index (χ4n) is 1.15. The number of benzene rings is 1. The van der Waals surface area contributed by atoms with E-state index in [-0.39, 0.29) is 9.33 Å². The number of hydrogen-bond donors (Lipinski definition) is 1. The zero-order valence-electron chi connectivity index (χ0n) is 9.30. The normalized spacial score (nSPS) is 11.2. The Morgan fingerprint density at radius 3 is 2.67 bits per heavy atom. The van der Waals surface area contributed by atoms with Gasteiger partial charge in [0.15, 0.2) is 0 Å². The Hall–Kier alpha value is -0.580. The van der Waals surface area contributed by atoms with Gasteiger partial charge in [0.1, 0.15) is 0 Å². The summed E-state index contributed by atoms with van der Waals surface area (Å²) in [5.41, 5.74) is 2.11. The van der Waals surface area contributed by atoms with Crippen molar-refractivity contribution in [2.45, 2.75) is 30.6 Å². The van der Waals surface area contributed by atoms with Crippen LogP contribution in [0.3, 0.4) is 0 Å². The van der Waals surface area contributed by atoms with Gasteiger partial charge in [0, 0.05) is 5.69 Å². The Bertz CT molecular complexity index is 355. The number of alkyl halides is 1. The van der Waals surface area contributed by atoms with Crippen molar-refractivity contribution < 1.29 is 4.79 Å². The van der Waals surface area contributed by atoms with E-state index in [0.717, 1.165) is 12.1 Å². The van der Waals surface area contributed by atoms with Gasteiger partial charge in [-0.05, 0) is 38.0 Å². The van der Waals surface area contributed by atoms with Crippen LogP contribution >= 0.6 is 22.6 Å². The van der Waals surface area contributed by atoms with Crippen LogP contribution in [0.5, 0.6) is 0 Å². The first-order valence-electron chi connectivity index (χ1n) is 5.03. The minimum absolute atomic E-state index is 0.0383. The number of nitrogens with one attached hydrogen (secondary N) is 1. The summed E-state index contributed by atoms with van der Waals surface area (Å²) in [7, 11) is 0. The van der Waals surface area contributed by atoms with E-state index >= 15 is 0 Å². The highest BCUT2D eigenvalue weighted by Gasteiger charge is 2.23. The molecule has 2 nitrogen and oxygen atoms in total. The summed E-state index contributed by atoms with van der Waals surface area (Å²) in [6.45, 7) is 5.89. The molecule has 0 aromatic heterocycles. The molecule has 3 heteroatoms. The molecule has 0 saturated heterocycles. The number of anilines is 1. The summed E-state index contributed by atoms with van der Waals surface area (Å²) in [4.78, 5) is 11.7. The van der Waals surface area contributed by atoms with Gasteiger partial charge < -0.3 is 5.32 Å². The highest BCUT2D eigenvalue weighted by molar-refractivity contribution is 14.1. The molecule has 0 aliphatic rings. The van der Waals surface area contributed by atoms with Crippen LogP contribution in [0.15, 0.2) is 24.3 Å². The molecule has 0 bridgehead atoms. The van der Waals surface area contributed by atoms with Gasteiger partial charge in [0.05, 0.1) is 3.42 Å². The van der Waals surface area contributed by atoms with E-state index in [0.29, 0.717) is 0 Å². The molecule has 1 aromatic rings. The number of rotatable bonds is 3. The van der Waals surface area contributed by atoms with Crippen molar-refractivity contribution in [3.8, 4) is 0 Å². The van der Waals surface area contributed by atoms with Crippen LogP contribution < -0.4 is 5.32 Å². The lowest BCUT2D eigenvalue weighted by Gasteiger charge is -2.16. The van der Waals surface area contributed by atoms with Crippen molar-refractivity contribution in [2.24, 2.45) is 0 Å². The predicted octanol–water partition coefficient (Wildman–Crippen LogP) is 3.40. The van der Waals surface area contributed by atoms with E-state index < -0.39 is 0 Å². The topological polar surface area (TPSA) is 29.1 Å². The molecule has 1 N–H and O–H groups in total. The van der Waals surface area contributed by atoms with Crippen molar-refractivity contribution in [2.75, 3.05) is 5.32 Å². The van der Waals surface area contributed by atoms with E-state index in [2.05, 4.69) is 40.9 Å². The van der Waals surface area contributed by atoms with E-state index in [1.54, 1.807) is 0 Å². The van der Waals surface area contributed by atoms with Crippen LogP contribution in [0.1, 0.15) is 26.3 Å². The standard InChI is InChI=1S/C12H16INO/c1-4-9-6-5-7-10(8-9)14-11(15)12(2,3)13/h5-8H,4H2,1-3H3,(H,14,15). The molecule has 0 saturated carbocycles. The van der Waals surface area contributed by atoms with Gasteiger partial charge in [-0.3, -0.25) is 4.79 Å². The van der Waals surface area contributed by atoms with Crippen LogP contribution in [-0.2, 0) is 11.2 Å². The smallest absolute Gasteiger partial charge is 0.239 e. The molecule has 0 radical (unpaired) electrons. The minimum Gasteiger partial charge on any atom is -0.325 e. The Morgan fingerprint density at radius 2 is 2.13 bits per heavy atom. The molecule has 0 fully saturated rings. The highest BCUT2D eigenvalue weighted by atomic mass is 127. The third kappa shape index (κ3) is 3.81. The van der Waals surface area contributed by atoms with Crippen molar-refractivity contribution in [1.29, 1.82) is 0 Å². The summed E-state index contributed by atoms with van der Waals surface area (Å²) < 4.78 is -0.375. The highest BCUT2D eigenvalue weighted by Crippen LogP contribution is 2.20. The number of aryl methyl sites for hydroxylation is 1. The second-order valence-electron chi connectivity index (χ2n) is 3.98. The third-order valence-electron chi connectivity index (χ3n) is 2.13. The third-order valence-corrected chi connectivity index (χ3v) is 2.62. The predicted molar refractivity (Wildman–Crippen MR) is 72.5 cm³/mol. The van der Waals surface area contributed by atoms with Gasteiger partial charge in [0.2, 0.25) is 5.91 Å². The molecular formula is C12H16INO. The zero-order valence-corrected chi connectivity index (χ0v) is 11.5. The molecule has 0 aliphatic carbocycles. The average Bonchev–Trinajstić information content (AvgIpc) is 2.16. The van der Waals surface area contributed by atoms with Crippen LogP contribution in [0, 0.1) is 0 Å². The maximum absolute atomic E-state index is 11.7. The molecule has 1 aromatic carbocycles. The van der Waals surface area contributed by atoms with Crippen molar-refractivity contribution in [3.63, 3.8) is 0 Å². The van der Waals surface area contributed by atoms with Gasteiger partial charge in [-0.1, -0.05) is 41.6 Å². The fraction of sp³-hybridized carbons (Fsp3) is 0.417. The molecule has 15 heavy (non-hydrogen) atoms. The maximum atomic E-state index is 11.7. The molecule has 0 unspecified atom stereocenters. The van der Waals surface area contributed by atoms with Gasteiger partial charge >= 0.3 is 0 Å². The SMILES string of the molecule is CCc1cccc(NC(=O)C(C)(C)I)c1. The summed E-state index contributed by atoms with van der Waals surface area (Å²) in [5.74, 6) is 0.0383. The molecule has 0 atom stereocenters. The molecule has 1 amide bonds. The maximum Gasteiger partial charge on any atom is 0.239 e. The quantitative estimate of drug-likeness (QED) is 0.672. The van der Waals surface area contributed by atoms with Crippen molar-refractivity contribution in [3.05, 3.63) is 29.8 Å². The molecule has 0 spiro atoms. The summed E-state index contributed by atoms with van der Waals surface area (Å²) in [5, 5.41) is 2.91. The summed E-state index contributed by atoms with van der Waals surface area (Å²) in [6.07, 6.45) is 0.983. The first-order chi connectivity index (χ1) is 6.93. The molecule has 1 rings (SSSR count). The number of halogens is 1. The van der Waals surface area contributed by atoms with E-state index in [1.807, 2.05) is 32.0 Å². The van der Waals surface area contributed by atoms with Crippen LogP contribution in [0.25, 0.3) is 0 Å². The van der Waals surface area contributed by atoms with Crippen LogP contribution in [0.2, 0.25) is 0 Å². The minimum atomic E-state index is -0.375. The second kappa shape index (κ2) is 4.96. The average molecular weight is 317 g/mol. The fourth-order valence-corrected chi connectivity index (χ4v) is 1.28. The van der Waals surface area contributed by atoms with Crippen molar-refractivity contribution >= 4 is 34.2 Å². The van der Waals surface area contributed by atoms with E-state index in [9.17, 15) is 4.79 Å². The zero-order chi connectivity index (χ0) is 11.5. The Balaban J connectivity index is 2.77. The Labute approximate surface area is 105 Å². The monoisotopic (exact) mass is 317 g/mol. The Morgan fingerprint density at radius 1 is 1.47 bits per heavy atom. The summed E-state index contributed by atoms with van der Waals surface area (Å²) >= 11 is 2.14. The van der Waals surface area contributed by atoms with Gasteiger partial charge in [-0.15, -0.1) is 0 Å². The first-order valence-corrected chi connectivity index (χ1v) is 6.10. The van der Waals surface area contributed by atoms with Gasteiger partial charge in [-0.2, -0.15) is 0 Å². The number of hydrogen-bond acceptors (Lipinski definition) is 1. The van der Waals surface area contributed by atoms with E-state index in [1.165, 1.54) is 5.56 Å². The first kappa shape index (κ1) is 12.5. The second-order valence-corrected chi connectivity index (χ2v) is 6.68. The van der Waals surface area contributed by atoms with Crippen LogP contribution in [-0.4, -0.2) is 9.33 Å². The summed E-state index contributed by atoms with van der Waals surface area (Å²) in [6, 6.07) is 7.96. The lowest BCUT2D eigenvalue weighted by atomic mass is 10.1. The van der Waals surface area contributed by atoms with Crippen LogP contribution in [0.4, 0.5) is 5.69 Å². The number of carbonyl (C=O) groups is 1. The number of carbonyl (C=O) groups excluding carboxylic acids is 1. The van der Waals surface area contributed by atoms with Crippen molar-refractivity contribution in [1.82, 2.24) is 0 Å². The Kier molecular flexibility index (Phi) is 4.13. The molecule has 0 heterocycles. The van der Waals surface area contributed by atoms with Gasteiger partial charge in [0.25, 0.3) is 0 Å². The lowest BCUT2D eigenvalue weighted by Crippen LogP contribution is -2.30. The molecule has 0 aliphatic heterocycles. The largest absolute Gasteiger partial charge is 0.325 e. The number of amides is 1. The molecule has 82 valence electrons. The van der Waals surface area contributed by atoms with Gasteiger partial charge in [-0.25, -0.2) is 0 Å². The van der Waals surface area contributed by atoms with E-state index in [4.69, 9.17) is 0 Å². The lowest BCUT2D eigenvalue weighted by molar-refractivity contribution is -0.117. The molecular weight excluding hydrogens is 301 g/mol.